The number of amides is 2. The second kappa shape index (κ2) is 7.96. The molecule has 0 saturated carbocycles. The molecular weight excluding hydrogens is 371 g/mol. The number of methoxy groups -OCH3 is 1. The van der Waals surface area contributed by atoms with Crippen molar-refractivity contribution in [3.8, 4) is 5.75 Å². The van der Waals surface area contributed by atoms with Gasteiger partial charge in [-0.25, -0.2) is 17.6 Å². The number of nitrogens with one attached hydrogen (secondary N) is 1. The Kier molecular flexibility index (Phi) is 5.65. The fraction of sp³-hybridized carbons (Fsp3) is 0.316. The van der Waals surface area contributed by atoms with Gasteiger partial charge in [0.2, 0.25) is 0 Å². The first-order valence-corrected chi connectivity index (χ1v) is 10.1. The van der Waals surface area contributed by atoms with Crippen molar-refractivity contribution in [2.24, 2.45) is 0 Å². The Bertz CT molecular complexity index is 890. The van der Waals surface area contributed by atoms with Crippen molar-refractivity contribution in [3.63, 3.8) is 0 Å². The fourth-order valence-corrected chi connectivity index (χ4v) is 4.79. The van der Waals surface area contributed by atoms with Gasteiger partial charge in [0.15, 0.2) is 9.84 Å². The Hall–Kier alpha value is -2.61. The molecule has 144 valence electrons. The Morgan fingerprint density at radius 1 is 1.07 bits per heavy atom. The van der Waals surface area contributed by atoms with E-state index in [1.165, 1.54) is 31.4 Å². The van der Waals surface area contributed by atoms with Crippen LogP contribution in [0.2, 0.25) is 0 Å². The third kappa shape index (κ3) is 4.39. The number of carbonyl (C=O) groups excluding carboxylic acids is 1. The van der Waals surface area contributed by atoms with Gasteiger partial charge < -0.3 is 15.0 Å². The van der Waals surface area contributed by atoms with Crippen molar-refractivity contribution in [1.29, 1.82) is 0 Å². The summed E-state index contributed by atoms with van der Waals surface area (Å²) in [6.45, 7) is 0.681. The lowest BCUT2D eigenvalue weighted by Gasteiger charge is -2.31. The van der Waals surface area contributed by atoms with Gasteiger partial charge in [-0.15, -0.1) is 0 Å². The van der Waals surface area contributed by atoms with E-state index in [1.807, 2.05) is 0 Å². The van der Waals surface area contributed by atoms with Crippen molar-refractivity contribution in [2.75, 3.05) is 25.5 Å². The quantitative estimate of drug-likeness (QED) is 0.866. The zero-order valence-electron chi connectivity index (χ0n) is 14.9. The number of carbonyl (C=O) groups is 1. The van der Waals surface area contributed by atoms with Crippen molar-refractivity contribution in [2.45, 2.75) is 23.0 Å². The van der Waals surface area contributed by atoms with Crippen molar-refractivity contribution in [1.82, 2.24) is 4.90 Å². The number of halogens is 1. The maximum absolute atomic E-state index is 12.9. The molecule has 6 nitrogen and oxygen atoms in total. The second-order valence-corrected chi connectivity index (χ2v) is 8.57. The summed E-state index contributed by atoms with van der Waals surface area (Å²) in [7, 11) is -1.93. The standard InChI is InChI=1S/C19H21FN2O4S/c1-26-16-6-8-17(9-7-16)27(24,25)18-10-12-22(13-11-18)19(23)21-15-4-2-14(20)3-5-15/h2-9,18H,10-13H2,1H3,(H,21,23). The third-order valence-corrected chi connectivity index (χ3v) is 6.93. The minimum absolute atomic E-state index is 0.262. The minimum Gasteiger partial charge on any atom is -0.497 e. The van der Waals surface area contributed by atoms with Crippen LogP contribution in [0.1, 0.15) is 12.8 Å². The maximum Gasteiger partial charge on any atom is 0.321 e. The van der Waals surface area contributed by atoms with E-state index < -0.39 is 15.1 Å². The number of benzene rings is 2. The number of ether oxygens (including phenoxy) is 1. The average Bonchev–Trinajstić information content (AvgIpc) is 2.70. The van der Waals surface area contributed by atoms with Gasteiger partial charge in [0, 0.05) is 18.8 Å². The van der Waals surface area contributed by atoms with Crippen LogP contribution in [0, 0.1) is 5.82 Å². The molecule has 2 aromatic rings. The Balaban J connectivity index is 1.60. The molecule has 1 fully saturated rings. The van der Waals surface area contributed by atoms with E-state index in [4.69, 9.17) is 4.74 Å². The number of likely N-dealkylation sites (tertiary alicyclic amines) is 1. The van der Waals surface area contributed by atoms with Crippen LogP contribution in [0.3, 0.4) is 0 Å². The summed E-state index contributed by atoms with van der Waals surface area (Å²) in [5.74, 6) is 0.221. The van der Waals surface area contributed by atoms with Crippen molar-refractivity contribution >= 4 is 21.6 Å². The number of piperidine rings is 1. The molecule has 0 spiro atoms. The molecule has 0 bridgehead atoms. The number of anilines is 1. The van der Waals surface area contributed by atoms with Crippen LogP contribution in [0.4, 0.5) is 14.9 Å². The largest absolute Gasteiger partial charge is 0.497 e. The topological polar surface area (TPSA) is 75.7 Å². The Morgan fingerprint density at radius 3 is 2.22 bits per heavy atom. The SMILES string of the molecule is COc1ccc(S(=O)(=O)C2CCN(C(=O)Nc3ccc(F)cc3)CC2)cc1. The van der Waals surface area contributed by atoms with Gasteiger partial charge in [-0.2, -0.15) is 0 Å². The molecule has 3 rings (SSSR count). The molecule has 0 atom stereocenters. The third-order valence-electron chi connectivity index (χ3n) is 4.65. The minimum atomic E-state index is -3.46. The maximum atomic E-state index is 12.9. The van der Waals surface area contributed by atoms with Gasteiger partial charge in [0.05, 0.1) is 17.3 Å². The van der Waals surface area contributed by atoms with Gasteiger partial charge in [-0.05, 0) is 61.4 Å². The first-order chi connectivity index (χ1) is 12.9. The molecule has 0 unspecified atom stereocenters. The van der Waals surface area contributed by atoms with Crippen molar-refractivity contribution in [3.05, 3.63) is 54.3 Å². The van der Waals surface area contributed by atoms with Gasteiger partial charge in [0.25, 0.3) is 0 Å². The summed E-state index contributed by atoms with van der Waals surface area (Å²) in [5, 5.41) is 2.17. The van der Waals surface area contributed by atoms with E-state index in [0.29, 0.717) is 37.4 Å². The molecule has 1 aliphatic rings. The van der Waals surface area contributed by atoms with Gasteiger partial charge in [-0.1, -0.05) is 0 Å². The lowest BCUT2D eigenvalue weighted by molar-refractivity contribution is 0.200. The average molecular weight is 392 g/mol. The van der Waals surface area contributed by atoms with Crippen LogP contribution in [-0.4, -0.2) is 44.8 Å². The molecule has 1 saturated heterocycles. The zero-order chi connectivity index (χ0) is 19.4. The Labute approximate surface area is 157 Å². The van der Waals surface area contributed by atoms with E-state index in [0.717, 1.165) is 0 Å². The first-order valence-electron chi connectivity index (χ1n) is 8.59. The molecule has 8 heteroatoms. The highest BCUT2D eigenvalue weighted by Crippen LogP contribution is 2.26. The van der Waals surface area contributed by atoms with Gasteiger partial charge in [-0.3, -0.25) is 0 Å². The summed E-state index contributed by atoms with van der Waals surface area (Å²) in [6.07, 6.45) is 0.733. The molecule has 27 heavy (non-hydrogen) atoms. The molecule has 0 radical (unpaired) electrons. The van der Waals surface area contributed by atoms with Crippen LogP contribution < -0.4 is 10.1 Å². The van der Waals surface area contributed by atoms with Crippen LogP contribution in [0.25, 0.3) is 0 Å². The van der Waals surface area contributed by atoms with E-state index in [9.17, 15) is 17.6 Å². The predicted octanol–water partition coefficient (Wildman–Crippen LogP) is 3.30. The molecule has 0 aromatic heterocycles. The number of hydrogen-bond acceptors (Lipinski definition) is 4. The van der Waals surface area contributed by atoms with Gasteiger partial charge in [0.1, 0.15) is 11.6 Å². The number of rotatable bonds is 4. The van der Waals surface area contributed by atoms with Gasteiger partial charge >= 0.3 is 6.03 Å². The number of urea groups is 1. The van der Waals surface area contributed by atoms with E-state index in [1.54, 1.807) is 29.2 Å². The van der Waals surface area contributed by atoms with Crippen LogP contribution in [0.15, 0.2) is 53.4 Å². The monoisotopic (exact) mass is 392 g/mol. The van der Waals surface area contributed by atoms with Crippen LogP contribution in [0.5, 0.6) is 5.75 Å². The highest BCUT2D eigenvalue weighted by Gasteiger charge is 2.32. The van der Waals surface area contributed by atoms with E-state index in [-0.39, 0.29) is 16.7 Å². The number of sulfone groups is 1. The van der Waals surface area contributed by atoms with Crippen molar-refractivity contribution < 1.29 is 22.3 Å². The van der Waals surface area contributed by atoms with Crippen LogP contribution >= 0.6 is 0 Å². The highest BCUT2D eigenvalue weighted by atomic mass is 32.2. The summed E-state index contributed by atoms with van der Waals surface area (Å²) in [6, 6.07) is 11.5. The summed E-state index contributed by atoms with van der Waals surface area (Å²) < 4.78 is 43.6. The molecule has 2 amide bonds. The second-order valence-electron chi connectivity index (χ2n) is 6.34. The summed E-state index contributed by atoms with van der Waals surface area (Å²) >= 11 is 0. The highest BCUT2D eigenvalue weighted by molar-refractivity contribution is 7.92. The lowest BCUT2D eigenvalue weighted by atomic mass is 10.1. The molecule has 2 aromatic carbocycles. The first kappa shape index (κ1) is 19.2. The van der Waals surface area contributed by atoms with Crippen LogP contribution in [-0.2, 0) is 9.84 Å². The predicted molar refractivity (Wildman–Crippen MR) is 100 cm³/mol. The molecule has 1 aliphatic heterocycles. The fourth-order valence-electron chi connectivity index (χ4n) is 3.06. The number of nitrogens with zero attached hydrogens (tertiary/aromatic N) is 1. The smallest absolute Gasteiger partial charge is 0.321 e. The molecule has 1 heterocycles. The lowest BCUT2D eigenvalue weighted by Crippen LogP contribution is -2.44. The van der Waals surface area contributed by atoms with E-state index >= 15 is 0 Å². The summed E-state index contributed by atoms with van der Waals surface area (Å²) in [5.41, 5.74) is 0.495. The zero-order valence-corrected chi connectivity index (χ0v) is 15.7. The van der Waals surface area contributed by atoms with E-state index in [2.05, 4.69) is 5.32 Å². The number of hydrogen-bond donors (Lipinski definition) is 1. The summed E-state index contributed by atoms with van der Waals surface area (Å²) in [4.78, 5) is 14.1. The molecular formula is C19H21FN2O4S. The normalized spacial score (nSPS) is 15.4. The molecule has 0 aliphatic carbocycles. The Morgan fingerprint density at radius 2 is 1.67 bits per heavy atom. The molecule has 1 N–H and O–H groups in total.